The Labute approximate surface area is 540 Å². The molecule has 0 N–H and O–H groups in total. The van der Waals surface area contributed by atoms with Gasteiger partial charge in [-0.05, 0) is 211 Å². The van der Waals surface area contributed by atoms with Gasteiger partial charge in [0.1, 0.15) is 0 Å². The third-order valence-electron chi connectivity index (χ3n) is 20.5. The molecule has 18 aromatic carbocycles. The average Bonchev–Trinajstić information content (AvgIpc) is 1.65. The minimum atomic E-state index is -0.833. The van der Waals surface area contributed by atoms with Crippen molar-refractivity contribution in [2.45, 2.75) is 5.41 Å². The fourth-order valence-electron chi connectivity index (χ4n) is 16.6. The highest BCUT2D eigenvalue weighted by molar-refractivity contribution is 6.24. The smallest absolute Gasteiger partial charge is 0.0622 e. The van der Waals surface area contributed by atoms with Crippen molar-refractivity contribution in [1.82, 2.24) is 0 Å². The summed E-state index contributed by atoms with van der Waals surface area (Å²) in [6, 6.07) is 133. The molecule has 430 valence electrons. The number of benzene rings is 18. The molecule has 0 atom stereocenters. The van der Waals surface area contributed by atoms with Crippen LogP contribution in [0.1, 0.15) is 22.3 Å². The van der Waals surface area contributed by atoms with Crippen LogP contribution < -0.4 is 0 Å². The van der Waals surface area contributed by atoms with E-state index in [0.29, 0.717) is 0 Å². The van der Waals surface area contributed by atoms with Gasteiger partial charge in [0.2, 0.25) is 0 Å². The SMILES string of the molecule is c1ccc(-c2c3ccccc3c(-c3ccc4c(c3)C(c3ccc(-c5c6ccccc6cc6ccccc56)cc3)(c3ccc(-c5c6ccccc6cc6ccccc56)cc3)c3cc(-c5c6ccccc6c(-c6ccccc6)c6ccccc56)ccc3-4)c3ccccc23)cc1. The van der Waals surface area contributed by atoms with Gasteiger partial charge in [-0.25, -0.2) is 0 Å². The van der Waals surface area contributed by atoms with Gasteiger partial charge in [0.05, 0.1) is 5.41 Å². The molecular weight excluding hydrogens is 1120 g/mol. The summed E-state index contributed by atoms with van der Waals surface area (Å²) in [4.78, 5) is 0. The fourth-order valence-corrected chi connectivity index (χ4v) is 16.6. The Balaban J connectivity index is 0.926. The van der Waals surface area contributed by atoms with Crippen molar-refractivity contribution in [3.8, 4) is 77.9 Å². The Hall–Kier alpha value is -12.0. The first-order chi connectivity index (χ1) is 46.2. The number of rotatable bonds is 8. The second kappa shape index (κ2) is 21.1. The van der Waals surface area contributed by atoms with E-state index in [1.807, 2.05) is 0 Å². The van der Waals surface area contributed by atoms with E-state index in [4.69, 9.17) is 0 Å². The Morgan fingerprint density at radius 2 is 0.366 bits per heavy atom. The van der Waals surface area contributed by atoms with E-state index < -0.39 is 5.41 Å². The number of hydrogen-bond donors (Lipinski definition) is 0. The Morgan fingerprint density at radius 3 is 0.656 bits per heavy atom. The van der Waals surface area contributed by atoms with Gasteiger partial charge in [0.15, 0.2) is 0 Å². The normalized spacial score (nSPS) is 12.6. The zero-order valence-electron chi connectivity index (χ0n) is 51.0. The summed E-state index contributed by atoms with van der Waals surface area (Å²) < 4.78 is 0. The van der Waals surface area contributed by atoms with Crippen LogP contribution in [0.3, 0.4) is 0 Å². The van der Waals surface area contributed by atoms with Crippen molar-refractivity contribution in [1.29, 1.82) is 0 Å². The highest BCUT2D eigenvalue weighted by Crippen LogP contribution is 2.60. The van der Waals surface area contributed by atoms with Gasteiger partial charge >= 0.3 is 0 Å². The predicted octanol–water partition coefficient (Wildman–Crippen LogP) is 25.3. The monoisotopic (exact) mass is 1170 g/mol. The van der Waals surface area contributed by atoms with Crippen LogP contribution in [0.5, 0.6) is 0 Å². The molecule has 0 radical (unpaired) electrons. The van der Waals surface area contributed by atoms with Crippen LogP contribution in [0.15, 0.2) is 352 Å². The zero-order valence-corrected chi connectivity index (χ0v) is 51.0. The van der Waals surface area contributed by atoms with Crippen LogP contribution >= 0.6 is 0 Å². The van der Waals surface area contributed by atoms with Crippen molar-refractivity contribution in [3.05, 3.63) is 374 Å². The lowest BCUT2D eigenvalue weighted by atomic mass is 9.66. The van der Waals surface area contributed by atoms with E-state index >= 15 is 0 Å². The molecule has 0 aromatic heterocycles. The molecule has 0 bridgehead atoms. The van der Waals surface area contributed by atoms with Crippen molar-refractivity contribution in [2.75, 3.05) is 0 Å². The van der Waals surface area contributed by atoms with E-state index in [0.717, 1.165) is 0 Å². The zero-order chi connectivity index (χ0) is 61.1. The van der Waals surface area contributed by atoms with Crippen molar-refractivity contribution in [2.24, 2.45) is 0 Å². The van der Waals surface area contributed by atoms with Gasteiger partial charge in [-0.1, -0.05) is 328 Å². The molecule has 1 aliphatic rings. The van der Waals surface area contributed by atoms with E-state index in [9.17, 15) is 0 Å². The summed E-state index contributed by atoms with van der Waals surface area (Å²) in [5.41, 5.74) is 21.2. The molecule has 0 saturated carbocycles. The summed E-state index contributed by atoms with van der Waals surface area (Å²) >= 11 is 0. The Bertz CT molecular complexity index is 5470. The third-order valence-corrected chi connectivity index (χ3v) is 20.5. The van der Waals surface area contributed by atoms with E-state index in [1.54, 1.807) is 0 Å². The van der Waals surface area contributed by atoms with Gasteiger partial charge in [-0.3, -0.25) is 0 Å². The second-order valence-electron chi connectivity index (χ2n) is 25.2. The number of hydrogen-bond acceptors (Lipinski definition) is 0. The average molecular weight is 1180 g/mol. The second-order valence-corrected chi connectivity index (χ2v) is 25.2. The van der Waals surface area contributed by atoms with E-state index in [2.05, 4.69) is 352 Å². The molecule has 93 heavy (non-hydrogen) atoms. The minimum absolute atomic E-state index is 0.833. The maximum Gasteiger partial charge on any atom is 0.0714 e. The van der Waals surface area contributed by atoms with Crippen LogP contribution in [0, 0.1) is 0 Å². The first-order valence-electron chi connectivity index (χ1n) is 32.5. The lowest BCUT2D eigenvalue weighted by Crippen LogP contribution is -2.28. The van der Waals surface area contributed by atoms with Crippen LogP contribution in [-0.2, 0) is 5.41 Å². The molecule has 0 heterocycles. The molecule has 0 unspecified atom stereocenters. The largest absolute Gasteiger partial charge is 0.0714 e. The highest BCUT2D eigenvalue weighted by Gasteiger charge is 2.47. The van der Waals surface area contributed by atoms with Crippen LogP contribution in [0.2, 0.25) is 0 Å². The predicted molar refractivity (Wildman–Crippen MR) is 396 cm³/mol. The molecule has 0 spiro atoms. The molecule has 0 amide bonds. The molecule has 18 aromatic rings. The van der Waals surface area contributed by atoms with Gasteiger partial charge < -0.3 is 0 Å². The van der Waals surface area contributed by atoms with Gasteiger partial charge in [0, 0.05) is 0 Å². The van der Waals surface area contributed by atoms with Crippen LogP contribution in [0.4, 0.5) is 0 Å². The number of fused-ring (bicyclic) bond motifs is 11. The topological polar surface area (TPSA) is 0 Å². The maximum atomic E-state index is 2.59. The van der Waals surface area contributed by atoms with Gasteiger partial charge in [-0.2, -0.15) is 0 Å². The molecule has 0 saturated heterocycles. The van der Waals surface area contributed by atoms with Crippen molar-refractivity contribution < 1.29 is 0 Å². The third kappa shape index (κ3) is 8.05. The standard InChI is InChI=1S/C93H58/c1-3-23-59(24-4-1)89-77-35-15-19-39-81(77)91(82-40-20-16-36-78(82)89)67-47-53-75-76-54-48-68(92-83-41-21-17-37-79(83)90(60-25-5-2-6-26-60)80-38-18-22-42-84(80)92)58-86(76)93(85(75)57-67,69-49-43-61(44-50-69)87-71-31-11-7-27-63(71)55-64-28-8-12-32-72(64)87)70-51-45-62(46-52-70)88-73-33-13-9-29-65(73)56-66-30-10-14-34-74(66)88/h1-58H. The first kappa shape index (κ1) is 52.9. The van der Waals surface area contributed by atoms with Crippen molar-refractivity contribution >= 4 is 86.2 Å². The summed E-state index contributed by atoms with van der Waals surface area (Å²) in [7, 11) is 0. The summed E-state index contributed by atoms with van der Waals surface area (Å²) in [5, 5.41) is 19.8. The fraction of sp³-hybridized carbons (Fsp3) is 0.0108. The maximum absolute atomic E-state index is 2.59. The summed E-state index contributed by atoms with van der Waals surface area (Å²) in [5.74, 6) is 0. The molecule has 19 rings (SSSR count). The molecule has 1 aliphatic carbocycles. The van der Waals surface area contributed by atoms with Crippen LogP contribution in [0.25, 0.3) is 164 Å². The molecule has 0 nitrogen and oxygen atoms in total. The summed E-state index contributed by atoms with van der Waals surface area (Å²) in [6.07, 6.45) is 0. The van der Waals surface area contributed by atoms with Crippen molar-refractivity contribution in [3.63, 3.8) is 0 Å². The van der Waals surface area contributed by atoms with E-state index in [1.165, 1.54) is 186 Å². The van der Waals surface area contributed by atoms with Gasteiger partial charge in [0.25, 0.3) is 0 Å². The van der Waals surface area contributed by atoms with Crippen LogP contribution in [-0.4, -0.2) is 0 Å². The summed E-state index contributed by atoms with van der Waals surface area (Å²) in [6.45, 7) is 0. The Morgan fingerprint density at radius 1 is 0.151 bits per heavy atom. The lowest BCUT2D eigenvalue weighted by Gasteiger charge is -2.35. The van der Waals surface area contributed by atoms with Gasteiger partial charge in [-0.15, -0.1) is 0 Å². The first-order valence-corrected chi connectivity index (χ1v) is 32.5. The molecule has 0 fully saturated rings. The molecule has 0 heteroatoms. The highest BCUT2D eigenvalue weighted by atomic mass is 14.5. The van der Waals surface area contributed by atoms with E-state index in [-0.39, 0.29) is 0 Å². The Kier molecular flexibility index (Phi) is 12.0. The quantitative estimate of drug-likeness (QED) is 0.133. The minimum Gasteiger partial charge on any atom is -0.0622 e. The molecular formula is C93H58. The lowest BCUT2D eigenvalue weighted by molar-refractivity contribution is 0.769. The molecule has 0 aliphatic heterocycles.